The van der Waals surface area contributed by atoms with E-state index in [1.165, 1.54) is 12.8 Å². The second kappa shape index (κ2) is 6.21. The van der Waals surface area contributed by atoms with Gasteiger partial charge in [-0.3, -0.25) is 4.79 Å². The molecule has 2 rings (SSSR count). The van der Waals surface area contributed by atoms with Crippen molar-refractivity contribution in [3.63, 3.8) is 0 Å². The van der Waals surface area contributed by atoms with Crippen molar-refractivity contribution < 1.29 is 9.53 Å². The van der Waals surface area contributed by atoms with Crippen LogP contribution in [0.4, 0.5) is 0 Å². The predicted molar refractivity (Wildman–Crippen MR) is 62.2 cm³/mol. The van der Waals surface area contributed by atoms with Crippen LogP contribution in [0.5, 0.6) is 0 Å². The molecule has 2 saturated carbocycles. The van der Waals surface area contributed by atoms with Crippen LogP contribution in [0.25, 0.3) is 0 Å². The SMILES string of the molecule is O=C(CNCCCOCC1CC1)NC1CC1. The van der Waals surface area contributed by atoms with Crippen LogP contribution in [-0.2, 0) is 9.53 Å². The molecule has 0 aromatic heterocycles. The van der Waals surface area contributed by atoms with Crippen molar-refractivity contribution in [2.45, 2.75) is 38.1 Å². The van der Waals surface area contributed by atoms with E-state index in [-0.39, 0.29) is 5.91 Å². The van der Waals surface area contributed by atoms with E-state index in [1.807, 2.05) is 0 Å². The van der Waals surface area contributed by atoms with Gasteiger partial charge in [0, 0.05) is 19.3 Å². The van der Waals surface area contributed by atoms with Crippen LogP contribution < -0.4 is 10.6 Å². The average molecular weight is 226 g/mol. The number of hydrogen-bond donors (Lipinski definition) is 2. The van der Waals surface area contributed by atoms with E-state index in [4.69, 9.17) is 4.74 Å². The number of carbonyl (C=O) groups is 1. The van der Waals surface area contributed by atoms with Gasteiger partial charge in [0.1, 0.15) is 0 Å². The van der Waals surface area contributed by atoms with Gasteiger partial charge in [0.2, 0.25) is 5.91 Å². The van der Waals surface area contributed by atoms with E-state index in [9.17, 15) is 4.79 Å². The van der Waals surface area contributed by atoms with E-state index < -0.39 is 0 Å². The van der Waals surface area contributed by atoms with Crippen LogP contribution in [0, 0.1) is 5.92 Å². The van der Waals surface area contributed by atoms with Crippen LogP contribution in [0.1, 0.15) is 32.1 Å². The third-order valence-electron chi connectivity index (χ3n) is 2.92. The summed E-state index contributed by atoms with van der Waals surface area (Å²) in [5.41, 5.74) is 0. The van der Waals surface area contributed by atoms with Crippen molar-refractivity contribution in [1.82, 2.24) is 10.6 Å². The highest BCUT2D eigenvalue weighted by Crippen LogP contribution is 2.28. The maximum atomic E-state index is 11.3. The Bertz CT molecular complexity index is 225. The lowest BCUT2D eigenvalue weighted by Gasteiger charge is -2.06. The normalized spacial score (nSPS) is 19.8. The molecule has 0 heterocycles. The second-order valence-electron chi connectivity index (χ2n) is 4.89. The first-order valence-electron chi connectivity index (χ1n) is 6.42. The summed E-state index contributed by atoms with van der Waals surface area (Å²) in [4.78, 5) is 11.3. The van der Waals surface area contributed by atoms with Crippen molar-refractivity contribution in [2.75, 3.05) is 26.3 Å². The molecule has 0 unspecified atom stereocenters. The Kier molecular flexibility index (Phi) is 4.60. The Morgan fingerprint density at radius 2 is 2.06 bits per heavy atom. The monoisotopic (exact) mass is 226 g/mol. The Morgan fingerprint density at radius 1 is 1.25 bits per heavy atom. The lowest BCUT2D eigenvalue weighted by Crippen LogP contribution is -2.35. The number of carbonyl (C=O) groups excluding carboxylic acids is 1. The summed E-state index contributed by atoms with van der Waals surface area (Å²) >= 11 is 0. The van der Waals surface area contributed by atoms with E-state index >= 15 is 0 Å². The van der Waals surface area contributed by atoms with Crippen LogP contribution in [0.15, 0.2) is 0 Å². The highest BCUT2D eigenvalue weighted by Gasteiger charge is 2.22. The molecule has 2 N–H and O–H groups in total. The Balaban J connectivity index is 1.32. The minimum atomic E-state index is 0.126. The smallest absolute Gasteiger partial charge is 0.234 e. The van der Waals surface area contributed by atoms with Gasteiger partial charge in [-0.1, -0.05) is 0 Å². The molecule has 4 heteroatoms. The summed E-state index contributed by atoms with van der Waals surface area (Å²) in [5, 5.41) is 6.08. The van der Waals surface area contributed by atoms with Gasteiger partial charge in [-0.25, -0.2) is 0 Å². The molecule has 0 saturated heterocycles. The van der Waals surface area contributed by atoms with Gasteiger partial charge in [-0.15, -0.1) is 0 Å². The number of rotatable bonds is 9. The van der Waals surface area contributed by atoms with E-state index in [0.29, 0.717) is 12.6 Å². The molecule has 0 aliphatic heterocycles. The average Bonchev–Trinajstić information content (AvgIpc) is 3.10. The van der Waals surface area contributed by atoms with Crippen molar-refractivity contribution in [2.24, 2.45) is 5.92 Å². The fourth-order valence-electron chi connectivity index (χ4n) is 1.54. The molecule has 92 valence electrons. The first-order valence-corrected chi connectivity index (χ1v) is 6.42. The molecule has 0 spiro atoms. The third kappa shape index (κ3) is 5.47. The Morgan fingerprint density at radius 3 is 2.75 bits per heavy atom. The summed E-state index contributed by atoms with van der Waals surface area (Å²) in [5.74, 6) is 0.971. The largest absolute Gasteiger partial charge is 0.381 e. The minimum Gasteiger partial charge on any atom is -0.381 e. The molecule has 16 heavy (non-hydrogen) atoms. The summed E-state index contributed by atoms with van der Waals surface area (Å²) < 4.78 is 5.50. The van der Waals surface area contributed by atoms with E-state index in [1.54, 1.807) is 0 Å². The summed E-state index contributed by atoms with van der Waals surface area (Å²) in [6, 6.07) is 0.469. The van der Waals surface area contributed by atoms with Crippen molar-refractivity contribution in [3.8, 4) is 0 Å². The molecule has 2 fully saturated rings. The Labute approximate surface area is 97.1 Å². The van der Waals surface area contributed by atoms with Crippen molar-refractivity contribution in [3.05, 3.63) is 0 Å². The zero-order valence-electron chi connectivity index (χ0n) is 9.84. The van der Waals surface area contributed by atoms with Crippen LogP contribution >= 0.6 is 0 Å². The maximum Gasteiger partial charge on any atom is 0.234 e. The predicted octanol–water partition coefficient (Wildman–Crippen LogP) is 0.671. The van der Waals surface area contributed by atoms with Gasteiger partial charge in [-0.05, 0) is 44.6 Å². The molecular formula is C12H22N2O2. The number of amides is 1. The van der Waals surface area contributed by atoms with Gasteiger partial charge < -0.3 is 15.4 Å². The lowest BCUT2D eigenvalue weighted by atomic mass is 10.4. The molecular weight excluding hydrogens is 204 g/mol. The van der Waals surface area contributed by atoms with Gasteiger partial charge in [0.05, 0.1) is 6.54 Å². The van der Waals surface area contributed by atoms with Gasteiger partial charge in [-0.2, -0.15) is 0 Å². The zero-order valence-corrected chi connectivity index (χ0v) is 9.84. The highest BCUT2D eigenvalue weighted by atomic mass is 16.5. The quantitative estimate of drug-likeness (QED) is 0.568. The fraction of sp³-hybridized carbons (Fsp3) is 0.917. The Hall–Kier alpha value is -0.610. The summed E-state index contributed by atoms with van der Waals surface area (Å²) in [7, 11) is 0. The van der Waals surface area contributed by atoms with Gasteiger partial charge >= 0.3 is 0 Å². The van der Waals surface area contributed by atoms with E-state index in [2.05, 4.69) is 10.6 Å². The highest BCUT2D eigenvalue weighted by molar-refractivity contribution is 5.78. The van der Waals surface area contributed by atoms with E-state index in [0.717, 1.165) is 44.9 Å². The number of nitrogens with one attached hydrogen (secondary N) is 2. The maximum absolute atomic E-state index is 11.3. The molecule has 0 radical (unpaired) electrons. The minimum absolute atomic E-state index is 0.126. The summed E-state index contributed by atoms with van der Waals surface area (Å²) in [6.45, 7) is 3.05. The van der Waals surface area contributed by atoms with Crippen LogP contribution in [0.3, 0.4) is 0 Å². The van der Waals surface area contributed by atoms with Crippen molar-refractivity contribution >= 4 is 5.91 Å². The molecule has 0 aromatic carbocycles. The molecule has 2 aliphatic carbocycles. The van der Waals surface area contributed by atoms with Crippen LogP contribution in [-0.4, -0.2) is 38.3 Å². The molecule has 1 amide bonds. The first-order chi connectivity index (χ1) is 7.84. The second-order valence-corrected chi connectivity index (χ2v) is 4.89. The van der Waals surface area contributed by atoms with Gasteiger partial charge in [0.15, 0.2) is 0 Å². The molecule has 0 atom stereocenters. The zero-order chi connectivity index (χ0) is 11.2. The lowest BCUT2D eigenvalue weighted by molar-refractivity contribution is -0.120. The van der Waals surface area contributed by atoms with Crippen LogP contribution in [0.2, 0.25) is 0 Å². The first kappa shape index (κ1) is 11.9. The van der Waals surface area contributed by atoms with Crippen molar-refractivity contribution in [1.29, 1.82) is 0 Å². The molecule has 2 aliphatic rings. The van der Waals surface area contributed by atoms with Gasteiger partial charge in [0.25, 0.3) is 0 Å². The molecule has 0 aromatic rings. The fourth-order valence-corrected chi connectivity index (χ4v) is 1.54. The number of hydrogen-bond acceptors (Lipinski definition) is 3. The summed E-state index contributed by atoms with van der Waals surface area (Å²) in [6.07, 6.45) is 5.99. The topological polar surface area (TPSA) is 50.4 Å². The number of ether oxygens (including phenoxy) is 1. The molecule has 0 bridgehead atoms. The molecule has 4 nitrogen and oxygen atoms in total. The standard InChI is InChI=1S/C12H22N2O2/c15-12(14-11-4-5-11)8-13-6-1-7-16-9-10-2-3-10/h10-11,13H,1-9H2,(H,14,15). The third-order valence-corrected chi connectivity index (χ3v) is 2.92.